The number of aliphatic hydroxyl groups is 1. The number of pyridine rings is 1. The molecule has 0 radical (unpaired) electrons. The van der Waals surface area contributed by atoms with Gasteiger partial charge in [0, 0.05) is 36.7 Å². The minimum Gasteiger partial charge on any atom is -0.396 e. The van der Waals surface area contributed by atoms with E-state index in [0.717, 1.165) is 12.0 Å². The van der Waals surface area contributed by atoms with Crippen molar-refractivity contribution >= 4 is 5.91 Å². The Morgan fingerprint density at radius 3 is 2.85 bits per heavy atom. The van der Waals surface area contributed by atoms with Crippen molar-refractivity contribution in [1.29, 1.82) is 0 Å². The Hall–Kier alpha value is -2.21. The van der Waals surface area contributed by atoms with Crippen LogP contribution in [0.2, 0.25) is 0 Å². The van der Waals surface area contributed by atoms with Crippen LogP contribution in [-0.2, 0) is 0 Å². The van der Waals surface area contributed by atoms with Crippen molar-refractivity contribution in [2.75, 3.05) is 6.61 Å². The molecular formula is C14H17N3O3. The standard InChI is InChI=1S/C14H17N3O3/c1-2-11(5-8-18)16-14(19)12-9-13(20-17-12)10-3-6-15-7-4-10/h3-4,6-7,9,11,18H,2,5,8H2,1H3,(H,16,19). The summed E-state index contributed by atoms with van der Waals surface area (Å²) in [6.45, 7) is 1.99. The molecule has 2 aromatic heterocycles. The molecule has 6 nitrogen and oxygen atoms in total. The number of aliphatic hydroxyl groups excluding tert-OH is 1. The van der Waals surface area contributed by atoms with Gasteiger partial charge in [-0.2, -0.15) is 0 Å². The Kier molecular flexibility index (Phi) is 4.84. The van der Waals surface area contributed by atoms with Gasteiger partial charge in [-0.3, -0.25) is 9.78 Å². The van der Waals surface area contributed by atoms with Gasteiger partial charge in [-0.15, -0.1) is 0 Å². The first kappa shape index (κ1) is 14.2. The van der Waals surface area contributed by atoms with Gasteiger partial charge in [-0.25, -0.2) is 0 Å². The maximum absolute atomic E-state index is 12.0. The first-order valence-electron chi connectivity index (χ1n) is 6.53. The molecular weight excluding hydrogens is 258 g/mol. The summed E-state index contributed by atoms with van der Waals surface area (Å²) in [7, 11) is 0. The quantitative estimate of drug-likeness (QED) is 0.836. The number of hydrogen-bond acceptors (Lipinski definition) is 5. The molecule has 1 atom stereocenters. The van der Waals surface area contributed by atoms with Gasteiger partial charge in [0.1, 0.15) is 0 Å². The predicted molar refractivity (Wildman–Crippen MR) is 73.0 cm³/mol. The molecule has 2 N–H and O–H groups in total. The van der Waals surface area contributed by atoms with Gasteiger partial charge in [0.05, 0.1) is 0 Å². The normalized spacial score (nSPS) is 12.1. The Bertz CT molecular complexity index is 554. The van der Waals surface area contributed by atoms with E-state index in [1.165, 1.54) is 0 Å². The highest BCUT2D eigenvalue weighted by Gasteiger charge is 2.16. The highest BCUT2D eigenvalue weighted by Crippen LogP contribution is 2.19. The third-order valence-electron chi connectivity index (χ3n) is 3.01. The van der Waals surface area contributed by atoms with Crippen LogP contribution in [0.1, 0.15) is 30.3 Å². The lowest BCUT2D eigenvalue weighted by Crippen LogP contribution is -2.35. The molecule has 0 aliphatic rings. The highest BCUT2D eigenvalue weighted by atomic mass is 16.5. The van der Waals surface area contributed by atoms with Crippen molar-refractivity contribution in [2.45, 2.75) is 25.8 Å². The highest BCUT2D eigenvalue weighted by molar-refractivity contribution is 5.93. The molecule has 2 aromatic rings. The van der Waals surface area contributed by atoms with Gasteiger partial charge >= 0.3 is 0 Å². The van der Waals surface area contributed by atoms with Gasteiger partial charge in [0.25, 0.3) is 5.91 Å². The molecule has 0 aliphatic carbocycles. The van der Waals surface area contributed by atoms with Crippen LogP contribution < -0.4 is 5.32 Å². The molecule has 0 saturated heterocycles. The fraction of sp³-hybridized carbons (Fsp3) is 0.357. The maximum atomic E-state index is 12.0. The molecule has 0 aliphatic heterocycles. The molecule has 0 saturated carbocycles. The fourth-order valence-electron chi connectivity index (χ4n) is 1.83. The molecule has 0 bridgehead atoms. The van der Waals surface area contributed by atoms with Gasteiger partial charge in [0.2, 0.25) is 0 Å². The van der Waals surface area contributed by atoms with E-state index in [2.05, 4.69) is 15.5 Å². The van der Waals surface area contributed by atoms with Gasteiger partial charge in [-0.05, 0) is 25.0 Å². The second-order valence-corrected chi connectivity index (χ2v) is 4.40. The molecule has 0 aromatic carbocycles. The van der Waals surface area contributed by atoms with Crippen molar-refractivity contribution in [3.05, 3.63) is 36.3 Å². The molecule has 2 rings (SSSR count). The predicted octanol–water partition coefficient (Wildman–Crippen LogP) is 1.63. The Morgan fingerprint density at radius 1 is 1.45 bits per heavy atom. The van der Waals surface area contributed by atoms with Gasteiger partial charge in [-0.1, -0.05) is 12.1 Å². The minimum absolute atomic E-state index is 0.0415. The van der Waals surface area contributed by atoms with Crippen molar-refractivity contribution < 1.29 is 14.4 Å². The summed E-state index contributed by atoms with van der Waals surface area (Å²) < 4.78 is 5.16. The van der Waals surface area contributed by atoms with Crippen LogP contribution in [-0.4, -0.2) is 33.8 Å². The van der Waals surface area contributed by atoms with E-state index in [1.54, 1.807) is 30.6 Å². The minimum atomic E-state index is -0.297. The second kappa shape index (κ2) is 6.81. The average molecular weight is 275 g/mol. The topological polar surface area (TPSA) is 88.2 Å². The lowest BCUT2D eigenvalue weighted by molar-refractivity contribution is 0.0920. The third-order valence-corrected chi connectivity index (χ3v) is 3.01. The molecule has 20 heavy (non-hydrogen) atoms. The van der Waals surface area contributed by atoms with Crippen LogP contribution in [0.3, 0.4) is 0 Å². The van der Waals surface area contributed by atoms with E-state index >= 15 is 0 Å². The summed E-state index contributed by atoms with van der Waals surface area (Å²) in [5.74, 6) is 0.224. The number of hydrogen-bond donors (Lipinski definition) is 2. The number of carbonyl (C=O) groups is 1. The summed E-state index contributed by atoms with van der Waals surface area (Å²) in [5, 5.41) is 15.5. The molecule has 106 valence electrons. The third kappa shape index (κ3) is 3.42. The fourth-order valence-corrected chi connectivity index (χ4v) is 1.83. The monoisotopic (exact) mass is 275 g/mol. The van der Waals surface area contributed by atoms with E-state index < -0.39 is 0 Å². The van der Waals surface area contributed by atoms with E-state index in [9.17, 15) is 4.79 Å². The summed E-state index contributed by atoms with van der Waals surface area (Å²) in [4.78, 5) is 15.9. The Morgan fingerprint density at radius 2 is 2.20 bits per heavy atom. The smallest absolute Gasteiger partial charge is 0.273 e. The number of carbonyl (C=O) groups excluding carboxylic acids is 1. The van der Waals surface area contributed by atoms with Crippen LogP contribution in [0, 0.1) is 0 Å². The van der Waals surface area contributed by atoms with Crippen molar-refractivity contribution in [1.82, 2.24) is 15.5 Å². The van der Waals surface area contributed by atoms with Crippen LogP contribution in [0.25, 0.3) is 11.3 Å². The SMILES string of the molecule is CCC(CCO)NC(=O)c1cc(-c2ccncc2)on1. The summed E-state index contributed by atoms with van der Waals surface area (Å²) in [6, 6.07) is 5.09. The lowest BCUT2D eigenvalue weighted by Gasteiger charge is -2.14. The maximum Gasteiger partial charge on any atom is 0.273 e. The summed E-state index contributed by atoms with van der Waals surface area (Å²) in [6.07, 6.45) is 4.57. The molecule has 6 heteroatoms. The number of nitrogens with one attached hydrogen (secondary N) is 1. The van der Waals surface area contributed by atoms with Gasteiger partial charge < -0.3 is 14.9 Å². The van der Waals surface area contributed by atoms with E-state index in [4.69, 9.17) is 9.63 Å². The van der Waals surface area contributed by atoms with Crippen molar-refractivity contribution in [3.8, 4) is 11.3 Å². The largest absolute Gasteiger partial charge is 0.396 e. The van der Waals surface area contributed by atoms with Crippen LogP contribution in [0.5, 0.6) is 0 Å². The van der Waals surface area contributed by atoms with E-state index in [1.807, 2.05) is 6.92 Å². The number of amides is 1. The second-order valence-electron chi connectivity index (χ2n) is 4.40. The number of nitrogens with zero attached hydrogens (tertiary/aromatic N) is 2. The van der Waals surface area contributed by atoms with Crippen LogP contribution in [0.15, 0.2) is 35.1 Å². The van der Waals surface area contributed by atoms with Gasteiger partial charge in [0.15, 0.2) is 11.5 Å². The van der Waals surface area contributed by atoms with Crippen LogP contribution in [0.4, 0.5) is 0 Å². The van der Waals surface area contributed by atoms with E-state index in [-0.39, 0.29) is 24.2 Å². The number of rotatable bonds is 6. The zero-order valence-corrected chi connectivity index (χ0v) is 11.2. The van der Waals surface area contributed by atoms with E-state index in [0.29, 0.717) is 12.2 Å². The zero-order valence-electron chi connectivity index (χ0n) is 11.2. The average Bonchev–Trinajstić information content (AvgIpc) is 2.97. The van der Waals surface area contributed by atoms with Crippen LogP contribution >= 0.6 is 0 Å². The zero-order chi connectivity index (χ0) is 14.4. The number of aromatic nitrogens is 2. The first-order valence-corrected chi connectivity index (χ1v) is 6.53. The Balaban J connectivity index is 2.07. The summed E-state index contributed by atoms with van der Waals surface area (Å²) >= 11 is 0. The lowest BCUT2D eigenvalue weighted by atomic mass is 10.1. The first-order chi connectivity index (χ1) is 9.74. The molecule has 0 fully saturated rings. The molecule has 2 heterocycles. The summed E-state index contributed by atoms with van der Waals surface area (Å²) in [5.41, 5.74) is 1.04. The van der Waals surface area contributed by atoms with Crippen molar-refractivity contribution in [2.24, 2.45) is 0 Å². The molecule has 1 amide bonds. The molecule has 1 unspecified atom stereocenters. The van der Waals surface area contributed by atoms with Crippen molar-refractivity contribution in [3.63, 3.8) is 0 Å². The molecule has 0 spiro atoms. The Labute approximate surface area is 116 Å².